The van der Waals surface area contributed by atoms with Gasteiger partial charge in [-0.3, -0.25) is 0 Å². The van der Waals surface area contributed by atoms with Crippen LogP contribution in [0.5, 0.6) is 0 Å². The largest absolute Gasteiger partial charge is 0.455 e. The van der Waals surface area contributed by atoms with Crippen LogP contribution in [0.1, 0.15) is 49.9 Å². The van der Waals surface area contributed by atoms with Gasteiger partial charge < -0.3 is 9.32 Å². The Hall–Kier alpha value is -5.86. The average molecular weight is 644 g/mol. The molecule has 0 saturated carbocycles. The summed E-state index contributed by atoms with van der Waals surface area (Å²) in [6, 6.07) is 55.5. The highest BCUT2D eigenvalue weighted by Gasteiger charge is 2.41. The van der Waals surface area contributed by atoms with Gasteiger partial charge in [-0.05, 0) is 63.2 Å². The fraction of sp³-hybridized carbons (Fsp3) is 0.125. The molecule has 2 nitrogen and oxygen atoms in total. The van der Waals surface area contributed by atoms with Crippen LogP contribution in [-0.2, 0) is 10.8 Å². The summed E-state index contributed by atoms with van der Waals surface area (Å²) in [5.74, 6) is 0. The zero-order valence-electron chi connectivity index (χ0n) is 28.8. The third-order valence-corrected chi connectivity index (χ3v) is 11.5. The molecule has 2 heteroatoms. The molecular formula is C48H37NO. The van der Waals surface area contributed by atoms with Crippen molar-refractivity contribution in [2.75, 3.05) is 4.90 Å². The Morgan fingerprint density at radius 3 is 1.78 bits per heavy atom. The van der Waals surface area contributed by atoms with Gasteiger partial charge >= 0.3 is 0 Å². The summed E-state index contributed by atoms with van der Waals surface area (Å²) in [5.41, 5.74) is 17.9. The van der Waals surface area contributed by atoms with Gasteiger partial charge in [0.1, 0.15) is 11.2 Å². The van der Waals surface area contributed by atoms with Crippen LogP contribution in [0.15, 0.2) is 156 Å². The average Bonchev–Trinajstić information content (AvgIpc) is 3.73. The van der Waals surface area contributed by atoms with Crippen LogP contribution < -0.4 is 4.90 Å². The molecule has 10 rings (SSSR count). The van der Waals surface area contributed by atoms with Crippen LogP contribution in [0.3, 0.4) is 0 Å². The first kappa shape index (κ1) is 29.1. The van der Waals surface area contributed by atoms with E-state index in [9.17, 15) is 0 Å². The predicted molar refractivity (Wildman–Crippen MR) is 209 cm³/mol. The Bertz CT molecular complexity index is 2670. The van der Waals surface area contributed by atoms with E-state index in [0.29, 0.717) is 0 Å². The van der Waals surface area contributed by atoms with Crippen molar-refractivity contribution in [2.45, 2.75) is 38.5 Å². The number of furan rings is 1. The second-order valence-corrected chi connectivity index (χ2v) is 14.9. The third-order valence-electron chi connectivity index (χ3n) is 11.5. The Labute approximate surface area is 293 Å². The quantitative estimate of drug-likeness (QED) is 0.190. The maximum Gasteiger partial charge on any atom is 0.143 e. The molecule has 8 aromatic rings. The minimum absolute atomic E-state index is 0.124. The first-order valence-corrected chi connectivity index (χ1v) is 17.6. The van der Waals surface area contributed by atoms with Crippen molar-refractivity contribution in [2.24, 2.45) is 0 Å². The summed E-state index contributed by atoms with van der Waals surface area (Å²) in [4.78, 5) is 2.56. The first-order chi connectivity index (χ1) is 24.4. The molecule has 0 radical (unpaired) electrons. The van der Waals surface area contributed by atoms with E-state index in [-0.39, 0.29) is 10.8 Å². The van der Waals surface area contributed by atoms with E-state index < -0.39 is 0 Å². The number of rotatable bonds is 4. The molecular weight excluding hydrogens is 607 g/mol. The number of fused-ring (bicyclic) bond motifs is 9. The molecule has 0 N–H and O–H groups in total. The molecule has 0 unspecified atom stereocenters. The number of hydrogen-bond acceptors (Lipinski definition) is 2. The van der Waals surface area contributed by atoms with Gasteiger partial charge in [0.15, 0.2) is 0 Å². The van der Waals surface area contributed by atoms with E-state index in [0.717, 1.165) is 38.8 Å². The van der Waals surface area contributed by atoms with Crippen LogP contribution in [0.4, 0.5) is 17.1 Å². The molecule has 0 spiro atoms. The number of benzene rings is 7. The van der Waals surface area contributed by atoms with Crippen molar-refractivity contribution in [3.63, 3.8) is 0 Å². The first-order valence-electron chi connectivity index (χ1n) is 17.6. The van der Waals surface area contributed by atoms with Crippen LogP contribution in [0.2, 0.25) is 0 Å². The van der Waals surface area contributed by atoms with Crippen LogP contribution >= 0.6 is 0 Å². The van der Waals surface area contributed by atoms with Crippen molar-refractivity contribution in [3.05, 3.63) is 174 Å². The van der Waals surface area contributed by atoms with Crippen LogP contribution in [0.25, 0.3) is 55.3 Å². The molecule has 1 heterocycles. The van der Waals surface area contributed by atoms with E-state index in [1.54, 1.807) is 0 Å². The molecule has 2 aliphatic rings. The van der Waals surface area contributed by atoms with Gasteiger partial charge in [0.2, 0.25) is 0 Å². The topological polar surface area (TPSA) is 16.4 Å². The molecule has 7 aromatic carbocycles. The lowest BCUT2D eigenvalue weighted by Gasteiger charge is -2.34. The van der Waals surface area contributed by atoms with Crippen LogP contribution in [-0.4, -0.2) is 0 Å². The van der Waals surface area contributed by atoms with E-state index in [2.05, 4.69) is 178 Å². The highest BCUT2D eigenvalue weighted by Crippen LogP contribution is 2.58. The molecule has 0 fully saturated rings. The second kappa shape index (κ2) is 10.3. The van der Waals surface area contributed by atoms with E-state index in [1.807, 2.05) is 6.07 Å². The highest BCUT2D eigenvalue weighted by atomic mass is 16.3. The number of anilines is 3. The number of nitrogens with zero attached hydrogens (tertiary/aromatic N) is 1. The van der Waals surface area contributed by atoms with Crippen molar-refractivity contribution < 1.29 is 4.42 Å². The van der Waals surface area contributed by atoms with Gasteiger partial charge in [0.05, 0.1) is 17.1 Å². The summed E-state index contributed by atoms with van der Waals surface area (Å²) in [7, 11) is 0. The van der Waals surface area contributed by atoms with Gasteiger partial charge in [-0.25, -0.2) is 0 Å². The van der Waals surface area contributed by atoms with Crippen molar-refractivity contribution in [1.29, 1.82) is 0 Å². The Morgan fingerprint density at radius 1 is 0.400 bits per heavy atom. The van der Waals surface area contributed by atoms with E-state index in [4.69, 9.17) is 4.42 Å². The fourth-order valence-corrected chi connectivity index (χ4v) is 9.17. The summed E-state index contributed by atoms with van der Waals surface area (Å²) in [6.45, 7) is 9.49. The van der Waals surface area contributed by atoms with Crippen molar-refractivity contribution >= 4 is 39.0 Å². The lowest BCUT2D eigenvalue weighted by molar-refractivity contribution is 0.659. The molecule has 0 amide bonds. The zero-order chi connectivity index (χ0) is 33.8. The lowest BCUT2D eigenvalue weighted by atomic mass is 9.81. The van der Waals surface area contributed by atoms with Crippen molar-refractivity contribution in [1.82, 2.24) is 0 Å². The fourth-order valence-electron chi connectivity index (χ4n) is 9.17. The minimum atomic E-state index is -0.205. The second-order valence-electron chi connectivity index (χ2n) is 14.9. The summed E-state index contributed by atoms with van der Waals surface area (Å²) in [5, 5.41) is 2.27. The number of para-hydroxylation sites is 3. The zero-order valence-corrected chi connectivity index (χ0v) is 28.8. The third kappa shape index (κ3) is 3.85. The normalized spacial score (nSPS) is 14.7. The van der Waals surface area contributed by atoms with Gasteiger partial charge in [-0.15, -0.1) is 0 Å². The molecule has 50 heavy (non-hydrogen) atoms. The highest BCUT2D eigenvalue weighted by molar-refractivity contribution is 6.11. The maximum atomic E-state index is 6.66. The van der Waals surface area contributed by atoms with Gasteiger partial charge in [0, 0.05) is 38.3 Å². The molecule has 0 bridgehead atoms. The molecule has 1 aromatic heterocycles. The summed E-state index contributed by atoms with van der Waals surface area (Å²) < 4.78 is 6.66. The van der Waals surface area contributed by atoms with E-state index in [1.165, 1.54) is 55.9 Å². The predicted octanol–water partition coefficient (Wildman–Crippen LogP) is 13.3. The summed E-state index contributed by atoms with van der Waals surface area (Å²) >= 11 is 0. The Kier molecular flexibility index (Phi) is 6.01. The smallest absolute Gasteiger partial charge is 0.143 e. The molecule has 0 aliphatic heterocycles. The Balaban J connectivity index is 1.31. The van der Waals surface area contributed by atoms with Gasteiger partial charge in [-0.1, -0.05) is 155 Å². The minimum Gasteiger partial charge on any atom is -0.455 e. The van der Waals surface area contributed by atoms with Crippen LogP contribution in [0, 0.1) is 0 Å². The molecule has 0 atom stereocenters. The molecule has 240 valence electrons. The maximum absolute atomic E-state index is 6.66. The monoisotopic (exact) mass is 643 g/mol. The van der Waals surface area contributed by atoms with Crippen molar-refractivity contribution in [3.8, 4) is 33.4 Å². The Morgan fingerprint density at radius 2 is 0.940 bits per heavy atom. The van der Waals surface area contributed by atoms with Gasteiger partial charge in [0.25, 0.3) is 0 Å². The van der Waals surface area contributed by atoms with E-state index >= 15 is 0 Å². The SMILES string of the molecule is CC1(C)c2ccccc2-c2c(N(c3ccccc3-c3cccc4c3oc3ccccc34)c3cccc4c3C(C)(C)c3ccccc3-4)cccc21. The molecule has 0 saturated heterocycles. The standard InChI is InChI=1S/C48H37NO/c1-47(2)38-24-10-6-19-36(38)44-39(47)25-15-27-41(44)49(42-28-14-20-33-30-16-5-9-23-37(30)48(3,4)45(33)42)40-26-11-7-17-31(40)34-21-13-22-35-32-18-8-12-29-43(32)50-46(34)35/h5-29H,1-4H3. The lowest BCUT2D eigenvalue weighted by Crippen LogP contribution is -2.21. The summed E-state index contributed by atoms with van der Waals surface area (Å²) in [6.07, 6.45) is 0. The molecule has 2 aliphatic carbocycles. The number of hydrogen-bond donors (Lipinski definition) is 0. The van der Waals surface area contributed by atoms with Gasteiger partial charge in [-0.2, -0.15) is 0 Å².